The molecule has 0 aliphatic heterocycles. The van der Waals surface area contributed by atoms with Crippen molar-refractivity contribution in [2.24, 2.45) is 0 Å². The minimum absolute atomic E-state index is 0.0832. The van der Waals surface area contributed by atoms with Crippen LogP contribution >= 0.6 is 0 Å². The minimum atomic E-state index is -0.346. The molecule has 0 aliphatic rings. The van der Waals surface area contributed by atoms with Crippen LogP contribution in [0.2, 0.25) is 0 Å². The van der Waals surface area contributed by atoms with Crippen LogP contribution in [0.5, 0.6) is 0 Å². The number of carbonyl (C=O) groups excluding carboxylic acids is 2. The van der Waals surface area contributed by atoms with Gasteiger partial charge in [-0.25, -0.2) is 0 Å². The molecule has 102 valence electrons. The van der Waals surface area contributed by atoms with E-state index in [0.29, 0.717) is 0 Å². The van der Waals surface area contributed by atoms with E-state index in [-0.39, 0.29) is 29.8 Å². The van der Waals surface area contributed by atoms with E-state index in [9.17, 15) is 14.7 Å². The predicted octanol–water partition coefficient (Wildman–Crippen LogP) is 0.0502. The van der Waals surface area contributed by atoms with E-state index >= 15 is 0 Å². The Morgan fingerprint density at radius 3 is 2.00 bits per heavy atom. The summed E-state index contributed by atoms with van der Waals surface area (Å²) >= 11 is 0. The molecule has 6 heteroatoms. The Labute approximate surface area is 108 Å². The summed E-state index contributed by atoms with van der Waals surface area (Å²) in [5.74, 6) is -0.714. The summed E-state index contributed by atoms with van der Waals surface area (Å²) in [6.45, 7) is 3.73. The highest BCUT2D eigenvalue weighted by Crippen LogP contribution is 2.09. The van der Waals surface area contributed by atoms with Gasteiger partial charge in [0, 0.05) is 41.3 Å². The fourth-order valence-electron chi connectivity index (χ4n) is 0.965. The van der Waals surface area contributed by atoms with Gasteiger partial charge in [0.25, 0.3) is 0 Å². The van der Waals surface area contributed by atoms with Crippen LogP contribution in [0.25, 0.3) is 0 Å². The highest BCUT2D eigenvalue weighted by molar-refractivity contribution is 5.88. The van der Waals surface area contributed by atoms with E-state index in [4.69, 9.17) is 0 Å². The number of rotatable bonds is 5. The minimum Gasteiger partial charge on any atom is -0.506 e. The molecule has 0 rings (SSSR count). The molecule has 0 saturated heterocycles. The van der Waals surface area contributed by atoms with Gasteiger partial charge in [0.05, 0.1) is 12.2 Å². The van der Waals surface area contributed by atoms with Gasteiger partial charge in [0.2, 0.25) is 11.8 Å². The molecule has 0 aromatic rings. The van der Waals surface area contributed by atoms with Gasteiger partial charge in [-0.1, -0.05) is 6.58 Å². The van der Waals surface area contributed by atoms with Crippen molar-refractivity contribution in [1.82, 2.24) is 14.7 Å². The van der Waals surface area contributed by atoms with Crippen molar-refractivity contribution in [1.29, 1.82) is 0 Å². The Morgan fingerprint density at radius 1 is 1.11 bits per heavy atom. The second-order valence-corrected chi connectivity index (χ2v) is 4.35. The summed E-state index contributed by atoms with van der Waals surface area (Å²) in [6.07, 6.45) is 1.07. The fourth-order valence-corrected chi connectivity index (χ4v) is 0.965. The Hall–Kier alpha value is -1.98. The maximum atomic E-state index is 11.5. The SMILES string of the molecule is C=C(C(O)=CC(=O)N(C)C)N(C)CC(=O)N(C)C. The lowest BCUT2D eigenvalue weighted by molar-refractivity contribution is -0.129. The molecule has 18 heavy (non-hydrogen) atoms. The highest BCUT2D eigenvalue weighted by Gasteiger charge is 2.13. The molecule has 0 atom stereocenters. The molecule has 0 fully saturated rings. The normalized spacial score (nSPS) is 10.8. The standard InChI is InChI=1S/C12H21N3O3/c1-9(10(16)7-11(17)13(2)3)15(6)8-12(18)14(4)5/h7,16H,1,8H2,2-6H3. The van der Waals surface area contributed by atoms with Gasteiger partial charge in [0.15, 0.2) is 0 Å². The van der Waals surface area contributed by atoms with Crippen LogP contribution in [-0.2, 0) is 9.59 Å². The van der Waals surface area contributed by atoms with Crippen molar-refractivity contribution >= 4 is 11.8 Å². The van der Waals surface area contributed by atoms with Crippen molar-refractivity contribution in [2.75, 3.05) is 41.8 Å². The van der Waals surface area contributed by atoms with Gasteiger partial charge in [-0.15, -0.1) is 0 Å². The maximum absolute atomic E-state index is 11.5. The van der Waals surface area contributed by atoms with Gasteiger partial charge in [-0.3, -0.25) is 9.59 Å². The molecule has 0 spiro atoms. The topological polar surface area (TPSA) is 64.1 Å². The molecule has 0 aliphatic carbocycles. The Bertz CT molecular complexity index is 373. The van der Waals surface area contributed by atoms with Gasteiger partial charge < -0.3 is 19.8 Å². The van der Waals surface area contributed by atoms with Crippen molar-refractivity contribution < 1.29 is 14.7 Å². The van der Waals surface area contributed by atoms with Crippen molar-refractivity contribution in [3.05, 3.63) is 24.1 Å². The van der Waals surface area contributed by atoms with Gasteiger partial charge >= 0.3 is 0 Å². The predicted molar refractivity (Wildman–Crippen MR) is 69.9 cm³/mol. The Balaban J connectivity index is 4.65. The molecule has 2 amide bonds. The van der Waals surface area contributed by atoms with Gasteiger partial charge in [-0.2, -0.15) is 0 Å². The third-order valence-corrected chi connectivity index (χ3v) is 2.33. The molecule has 0 saturated carbocycles. The number of aliphatic hydroxyl groups is 1. The molecule has 0 unspecified atom stereocenters. The van der Waals surface area contributed by atoms with Crippen LogP contribution in [0.15, 0.2) is 24.1 Å². The van der Waals surface area contributed by atoms with Crippen molar-refractivity contribution in [2.45, 2.75) is 0 Å². The summed E-state index contributed by atoms with van der Waals surface area (Å²) in [5, 5.41) is 9.71. The van der Waals surface area contributed by atoms with E-state index in [2.05, 4.69) is 6.58 Å². The first-order valence-electron chi connectivity index (χ1n) is 5.39. The van der Waals surface area contributed by atoms with Crippen molar-refractivity contribution in [3.63, 3.8) is 0 Å². The van der Waals surface area contributed by atoms with Gasteiger partial charge in [0.1, 0.15) is 5.76 Å². The molecule has 0 aromatic carbocycles. The first-order chi connectivity index (χ1) is 8.16. The fraction of sp³-hybridized carbons (Fsp3) is 0.500. The molecule has 0 bridgehead atoms. The molecule has 1 N–H and O–H groups in total. The average molecular weight is 255 g/mol. The van der Waals surface area contributed by atoms with Crippen LogP contribution in [0.3, 0.4) is 0 Å². The molecular weight excluding hydrogens is 234 g/mol. The van der Waals surface area contributed by atoms with Crippen molar-refractivity contribution in [3.8, 4) is 0 Å². The number of hydrogen-bond acceptors (Lipinski definition) is 4. The molecule has 6 nitrogen and oxygen atoms in total. The molecule has 0 heterocycles. The van der Waals surface area contributed by atoms with E-state index in [0.717, 1.165) is 6.08 Å². The van der Waals surface area contributed by atoms with Crippen LogP contribution in [0, 0.1) is 0 Å². The average Bonchev–Trinajstić information content (AvgIpc) is 2.27. The number of nitrogens with zero attached hydrogens (tertiary/aromatic N) is 3. The lowest BCUT2D eigenvalue weighted by Gasteiger charge is -2.22. The van der Waals surface area contributed by atoms with E-state index < -0.39 is 0 Å². The second kappa shape index (κ2) is 6.68. The number of carbonyl (C=O) groups is 2. The summed E-state index contributed by atoms with van der Waals surface area (Å²) in [5.41, 5.74) is 0.223. The molecule has 0 aromatic heterocycles. The Morgan fingerprint density at radius 2 is 1.61 bits per heavy atom. The molecular formula is C12H21N3O3. The van der Waals surface area contributed by atoms with Crippen LogP contribution in [-0.4, -0.2) is 73.4 Å². The summed E-state index contributed by atoms with van der Waals surface area (Å²) < 4.78 is 0. The zero-order valence-electron chi connectivity index (χ0n) is 11.6. The van der Waals surface area contributed by atoms with Crippen LogP contribution in [0.4, 0.5) is 0 Å². The zero-order valence-corrected chi connectivity index (χ0v) is 11.6. The largest absolute Gasteiger partial charge is 0.506 e. The monoisotopic (exact) mass is 255 g/mol. The Kier molecular flexibility index (Phi) is 5.95. The summed E-state index contributed by atoms with van der Waals surface area (Å²) in [6, 6.07) is 0. The third kappa shape index (κ3) is 4.90. The third-order valence-electron chi connectivity index (χ3n) is 2.33. The first-order valence-corrected chi connectivity index (χ1v) is 5.39. The van der Waals surface area contributed by atoms with Crippen LogP contribution in [0.1, 0.15) is 0 Å². The van der Waals surface area contributed by atoms with E-state index in [1.165, 1.54) is 14.7 Å². The van der Waals surface area contributed by atoms with Gasteiger partial charge in [-0.05, 0) is 0 Å². The highest BCUT2D eigenvalue weighted by atomic mass is 16.3. The quantitative estimate of drug-likeness (QED) is 0.428. The summed E-state index contributed by atoms with van der Waals surface area (Å²) in [4.78, 5) is 27.1. The number of amides is 2. The lowest BCUT2D eigenvalue weighted by atomic mass is 10.3. The van der Waals surface area contributed by atoms with E-state index in [1.807, 2.05) is 0 Å². The lowest BCUT2D eigenvalue weighted by Crippen LogP contribution is -2.34. The summed E-state index contributed by atoms with van der Waals surface area (Å²) in [7, 11) is 8.06. The van der Waals surface area contributed by atoms with Crippen LogP contribution < -0.4 is 0 Å². The first kappa shape index (κ1) is 16.0. The van der Waals surface area contributed by atoms with E-state index in [1.54, 1.807) is 35.2 Å². The second-order valence-electron chi connectivity index (χ2n) is 4.35. The zero-order chi connectivity index (χ0) is 14.5. The number of likely N-dealkylation sites (N-methyl/N-ethyl adjacent to an activating group) is 3. The maximum Gasteiger partial charge on any atom is 0.249 e. The number of hydrogen-bond donors (Lipinski definition) is 1. The number of aliphatic hydroxyl groups excluding tert-OH is 1. The molecule has 0 radical (unpaired) electrons. The smallest absolute Gasteiger partial charge is 0.249 e.